The highest BCUT2D eigenvalue weighted by Gasteiger charge is 2.15. The zero-order valence-electron chi connectivity index (χ0n) is 13.0. The molecule has 0 bridgehead atoms. The van der Waals surface area contributed by atoms with Crippen LogP contribution < -0.4 is 5.73 Å². The molecule has 0 saturated carbocycles. The van der Waals surface area contributed by atoms with Gasteiger partial charge in [-0.1, -0.05) is 72.8 Å². The van der Waals surface area contributed by atoms with Crippen LogP contribution >= 0.6 is 0 Å². The van der Waals surface area contributed by atoms with E-state index in [-0.39, 0.29) is 0 Å². The number of hydrogen-bond acceptors (Lipinski definition) is 2. The quantitative estimate of drug-likeness (QED) is 0.900. The largest absolute Gasteiger partial charge is 0.478 e. The predicted octanol–water partition coefficient (Wildman–Crippen LogP) is 4.02. The first-order chi connectivity index (χ1) is 11.2. The Morgan fingerprint density at radius 1 is 1.00 bits per heavy atom. The van der Waals surface area contributed by atoms with Crippen molar-refractivity contribution in [1.29, 1.82) is 0 Å². The summed E-state index contributed by atoms with van der Waals surface area (Å²) >= 11 is 0. The van der Waals surface area contributed by atoms with Crippen LogP contribution in [0.5, 0.6) is 0 Å². The van der Waals surface area contributed by atoms with E-state index in [2.05, 4.69) is 0 Å². The molecule has 0 fully saturated rings. The smallest absolute Gasteiger partial charge is 0.335 e. The molecule has 0 aromatic heterocycles. The Morgan fingerprint density at radius 3 is 2.13 bits per heavy atom. The van der Waals surface area contributed by atoms with Gasteiger partial charge in [-0.15, -0.1) is 0 Å². The van der Waals surface area contributed by atoms with Crippen molar-refractivity contribution in [2.45, 2.75) is 19.4 Å². The summed E-state index contributed by atoms with van der Waals surface area (Å²) in [6, 6.07) is 19.7. The number of nitrogens with two attached hydrogens (primary N) is 1. The van der Waals surface area contributed by atoms with Crippen LogP contribution in [0.15, 0.2) is 78.4 Å². The monoisotopic (exact) mass is 307 g/mol. The first kappa shape index (κ1) is 16.7. The maximum Gasteiger partial charge on any atom is 0.335 e. The highest BCUT2D eigenvalue weighted by molar-refractivity contribution is 5.99. The Balaban J connectivity index is 0.000000203. The Bertz CT molecular complexity index is 688. The molecular formula is C20H21NO2. The molecule has 118 valence electrons. The minimum atomic E-state index is -0.843. The second-order valence-corrected chi connectivity index (χ2v) is 5.19. The van der Waals surface area contributed by atoms with Gasteiger partial charge in [-0.05, 0) is 29.5 Å². The molecule has 3 heteroatoms. The lowest BCUT2D eigenvalue weighted by molar-refractivity contribution is -0.132. The number of aliphatic carboxylic acids is 1. The molecule has 0 heterocycles. The summed E-state index contributed by atoms with van der Waals surface area (Å²) in [5.41, 5.74) is 8.91. The summed E-state index contributed by atoms with van der Waals surface area (Å²) < 4.78 is 0. The summed E-state index contributed by atoms with van der Waals surface area (Å²) in [5, 5.41) is 9.06. The van der Waals surface area contributed by atoms with Gasteiger partial charge in [0.1, 0.15) is 0 Å². The third-order valence-corrected chi connectivity index (χ3v) is 3.60. The Hall–Kier alpha value is -2.65. The van der Waals surface area contributed by atoms with Gasteiger partial charge in [-0.3, -0.25) is 0 Å². The maximum atomic E-state index is 11.0. The predicted molar refractivity (Wildman–Crippen MR) is 93.7 cm³/mol. The van der Waals surface area contributed by atoms with Crippen molar-refractivity contribution in [2.24, 2.45) is 5.73 Å². The summed E-state index contributed by atoms with van der Waals surface area (Å²) in [4.78, 5) is 11.0. The number of carboxylic acid groups (broad SMARTS) is 1. The summed E-state index contributed by atoms with van der Waals surface area (Å²) in [6.45, 7) is 0.640. The molecule has 0 radical (unpaired) electrons. The minimum absolute atomic E-state index is 0.424. The van der Waals surface area contributed by atoms with Crippen LogP contribution in [-0.2, 0) is 11.3 Å². The van der Waals surface area contributed by atoms with Crippen LogP contribution in [0.4, 0.5) is 0 Å². The van der Waals surface area contributed by atoms with Crippen molar-refractivity contribution in [1.82, 2.24) is 0 Å². The second-order valence-electron chi connectivity index (χ2n) is 5.19. The standard InChI is InChI=1S/C13H12O2.C7H9N/c14-13(15)12-9-5-4-8-11(12)10-6-2-1-3-7-10;8-6-7-4-2-1-3-5-7/h1-3,5-7,9H,4,8H2,(H,14,15);1-5H,6,8H2. The number of carbonyl (C=O) groups is 1. The van der Waals surface area contributed by atoms with E-state index in [1.807, 2.05) is 66.7 Å². The average Bonchev–Trinajstić information content (AvgIpc) is 2.63. The van der Waals surface area contributed by atoms with E-state index >= 15 is 0 Å². The fraction of sp³-hybridized carbons (Fsp3) is 0.150. The van der Waals surface area contributed by atoms with Crippen molar-refractivity contribution < 1.29 is 9.90 Å². The molecule has 3 rings (SSSR count). The van der Waals surface area contributed by atoms with Gasteiger partial charge in [0.2, 0.25) is 0 Å². The molecule has 1 aliphatic carbocycles. The number of hydrogen-bond donors (Lipinski definition) is 2. The van der Waals surface area contributed by atoms with E-state index in [1.54, 1.807) is 6.08 Å². The highest BCUT2D eigenvalue weighted by Crippen LogP contribution is 2.28. The molecule has 0 unspecified atom stereocenters. The van der Waals surface area contributed by atoms with Crippen LogP contribution in [0.25, 0.3) is 5.57 Å². The molecule has 3 N–H and O–H groups in total. The first-order valence-electron chi connectivity index (χ1n) is 7.64. The molecule has 2 aromatic carbocycles. The third-order valence-electron chi connectivity index (χ3n) is 3.60. The molecule has 23 heavy (non-hydrogen) atoms. The van der Waals surface area contributed by atoms with Crippen molar-refractivity contribution in [3.05, 3.63) is 89.5 Å². The topological polar surface area (TPSA) is 63.3 Å². The van der Waals surface area contributed by atoms with E-state index in [1.165, 1.54) is 5.56 Å². The molecule has 1 aliphatic rings. The van der Waals surface area contributed by atoms with Gasteiger partial charge < -0.3 is 10.8 Å². The zero-order valence-corrected chi connectivity index (χ0v) is 13.0. The average molecular weight is 307 g/mol. The number of carboxylic acids is 1. The maximum absolute atomic E-state index is 11.0. The van der Waals surface area contributed by atoms with E-state index < -0.39 is 5.97 Å². The lowest BCUT2D eigenvalue weighted by Gasteiger charge is -2.13. The lowest BCUT2D eigenvalue weighted by Crippen LogP contribution is -2.04. The summed E-state index contributed by atoms with van der Waals surface area (Å²) in [6.07, 6.45) is 5.34. The van der Waals surface area contributed by atoms with Gasteiger partial charge >= 0.3 is 5.97 Å². The highest BCUT2D eigenvalue weighted by atomic mass is 16.4. The SMILES string of the molecule is NCc1ccccc1.O=C(O)C1=C(c2ccccc2)CCC=C1. The number of benzene rings is 2. The van der Waals surface area contributed by atoms with Gasteiger partial charge in [-0.25, -0.2) is 4.79 Å². The Kier molecular flexibility index (Phi) is 6.33. The van der Waals surface area contributed by atoms with Gasteiger partial charge in [-0.2, -0.15) is 0 Å². The molecule has 0 aliphatic heterocycles. The van der Waals surface area contributed by atoms with Crippen molar-refractivity contribution in [3.63, 3.8) is 0 Å². The van der Waals surface area contributed by atoms with Crippen molar-refractivity contribution in [3.8, 4) is 0 Å². The molecule has 2 aromatic rings. The minimum Gasteiger partial charge on any atom is -0.478 e. The van der Waals surface area contributed by atoms with Gasteiger partial charge in [0.05, 0.1) is 5.57 Å². The molecule has 0 spiro atoms. The normalized spacial score (nSPS) is 13.3. The number of rotatable bonds is 3. The lowest BCUT2D eigenvalue weighted by atomic mass is 9.92. The van der Waals surface area contributed by atoms with Crippen LogP contribution in [0.1, 0.15) is 24.0 Å². The second kappa shape index (κ2) is 8.71. The van der Waals surface area contributed by atoms with Gasteiger partial charge in [0.15, 0.2) is 0 Å². The van der Waals surface area contributed by atoms with E-state index in [0.29, 0.717) is 12.1 Å². The molecule has 0 amide bonds. The van der Waals surface area contributed by atoms with E-state index in [9.17, 15) is 4.79 Å². The fourth-order valence-corrected chi connectivity index (χ4v) is 2.42. The number of allylic oxidation sites excluding steroid dienone is 2. The first-order valence-corrected chi connectivity index (χ1v) is 7.64. The van der Waals surface area contributed by atoms with Crippen molar-refractivity contribution in [2.75, 3.05) is 0 Å². The van der Waals surface area contributed by atoms with Crippen LogP contribution in [0, 0.1) is 0 Å². The van der Waals surface area contributed by atoms with E-state index in [4.69, 9.17) is 10.8 Å². The summed E-state index contributed by atoms with van der Waals surface area (Å²) in [7, 11) is 0. The Morgan fingerprint density at radius 2 is 1.61 bits per heavy atom. The van der Waals surface area contributed by atoms with Gasteiger partial charge in [0.25, 0.3) is 0 Å². The Labute approximate surface area is 136 Å². The van der Waals surface area contributed by atoms with Crippen LogP contribution in [0.3, 0.4) is 0 Å². The van der Waals surface area contributed by atoms with Crippen molar-refractivity contribution >= 4 is 11.5 Å². The fourth-order valence-electron chi connectivity index (χ4n) is 2.42. The molecule has 0 saturated heterocycles. The zero-order chi connectivity index (χ0) is 16.5. The van der Waals surface area contributed by atoms with E-state index in [0.717, 1.165) is 24.0 Å². The summed E-state index contributed by atoms with van der Waals surface area (Å²) in [5.74, 6) is -0.843. The third kappa shape index (κ3) is 4.94. The molecule has 0 atom stereocenters. The molecular weight excluding hydrogens is 286 g/mol. The van der Waals surface area contributed by atoms with Gasteiger partial charge in [0, 0.05) is 6.54 Å². The van der Waals surface area contributed by atoms with Crippen LogP contribution in [0.2, 0.25) is 0 Å². The molecule has 3 nitrogen and oxygen atoms in total. The van der Waals surface area contributed by atoms with Crippen LogP contribution in [-0.4, -0.2) is 11.1 Å².